The Hall–Kier alpha value is -0.0900. The molecule has 1 heterocycles. The van der Waals surface area contributed by atoms with E-state index in [2.05, 4.69) is 10.3 Å². The molecule has 1 aliphatic carbocycles. The highest BCUT2D eigenvalue weighted by atomic mass is 127. The smallest absolute Gasteiger partial charge is 0.194 e. The Morgan fingerprint density at radius 3 is 2.57 bits per heavy atom. The van der Waals surface area contributed by atoms with E-state index in [1.165, 1.54) is 6.26 Å². The molecule has 124 valence electrons. The highest BCUT2D eigenvalue weighted by Gasteiger charge is 2.45. The van der Waals surface area contributed by atoms with Gasteiger partial charge in [-0.1, -0.05) is 0 Å². The van der Waals surface area contributed by atoms with Crippen LogP contribution in [-0.4, -0.2) is 68.7 Å². The van der Waals surface area contributed by atoms with Gasteiger partial charge >= 0.3 is 0 Å². The maximum Gasteiger partial charge on any atom is 0.194 e. The zero-order valence-corrected chi connectivity index (χ0v) is 15.9. The summed E-state index contributed by atoms with van der Waals surface area (Å²) in [7, 11) is -2.95. The summed E-state index contributed by atoms with van der Waals surface area (Å²) in [5, 5.41) is 12.8. The summed E-state index contributed by atoms with van der Waals surface area (Å²) in [5.74, 6) is 1.02. The number of aliphatic hydroxyl groups excluding tert-OH is 1. The van der Waals surface area contributed by atoms with Crippen LogP contribution >= 0.6 is 24.0 Å². The third-order valence-corrected chi connectivity index (χ3v) is 5.02. The standard InChI is InChI=1S/C13H25N3O3S.HI/c1-3-14-12(16-7-4-11(17)8-16)15-9-13(5-6-13)10-20(2,18)19;/h11,17H,3-10H2,1-2H3,(H,14,15);1H/t11-;/m1./s1. The molecule has 2 fully saturated rings. The first-order valence-electron chi connectivity index (χ1n) is 7.23. The summed E-state index contributed by atoms with van der Waals surface area (Å²) >= 11 is 0. The molecule has 0 aromatic rings. The van der Waals surface area contributed by atoms with Crippen LogP contribution in [-0.2, 0) is 9.84 Å². The molecule has 2 rings (SSSR count). The molecule has 21 heavy (non-hydrogen) atoms. The lowest BCUT2D eigenvalue weighted by Crippen LogP contribution is -2.41. The highest BCUT2D eigenvalue weighted by molar-refractivity contribution is 14.0. The lowest BCUT2D eigenvalue weighted by atomic mass is 10.1. The number of rotatable bonds is 5. The van der Waals surface area contributed by atoms with Gasteiger partial charge in [-0.2, -0.15) is 0 Å². The summed E-state index contributed by atoms with van der Waals surface area (Å²) in [4.78, 5) is 6.65. The molecule has 6 nitrogen and oxygen atoms in total. The first-order chi connectivity index (χ1) is 9.34. The molecule has 1 saturated heterocycles. The van der Waals surface area contributed by atoms with Crippen LogP contribution in [0.25, 0.3) is 0 Å². The van der Waals surface area contributed by atoms with E-state index in [0.29, 0.717) is 13.1 Å². The zero-order chi connectivity index (χ0) is 14.8. The monoisotopic (exact) mass is 431 g/mol. The van der Waals surface area contributed by atoms with E-state index in [9.17, 15) is 13.5 Å². The van der Waals surface area contributed by atoms with Crippen molar-refractivity contribution >= 4 is 39.8 Å². The van der Waals surface area contributed by atoms with E-state index < -0.39 is 9.84 Å². The number of β-amino-alcohol motifs (C(OH)–C–C–N with tert-alkyl or cyclic N) is 1. The second kappa shape index (κ2) is 7.45. The molecule has 0 unspecified atom stereocenters. The van der Waals surface area contributed by atoms with E-state index in [1.807, 2.05) is 11.8 Å². The fraction of sp³-hybridized carbons (Fsp3) is 0.923. The van der Waals surface area contributed by atoms with Crippen molar-refractivity contribution in [2.45, 2.75) is 32.3 Å². The van der Waals surface area contributed by atoms with Crippen molar-refractivity contribution in [1.29, 1.82) is 0 Å². The molecule has 1 aliphatic heterocycles. The minimum absolute atomic E-state index is 0. The van der Waals surface area contributed by atoms with E-state index in [4.69, 9.17) is 0 Å². The van der Waals surface area contributed by atoms with Gasteiger partial charge in [-0.05, 0) is 26.2 Å². The van der Waals surface area contributed by atoms with Gasteiger partial charge in [0.25, 0.3) is 0 Å². The summed E-state index contributed by atoms with van der Waals surface area (Å²) < 4.78 is 22.9. The predicted molar refractivity (Wildman–Crippen MR) is 95.0 cm³/mol. The normalized spacial score (nSPS) is 24.6. The summed E-state index contributed by atoms with van der Waals surface area (Å²) in [6.07, 6.45) is 3.64. The van der Waals surface area contributed by atoms with Crippen LogP contribution in [0.5, 0.6) is 0 Å². The van der Waals surface area contributed by atoms with Crippen molar-refractivity contribution in [1.82, 2.24) is 10.2 Å². The second-order valence-electron chi connectivity index (χ2n) is 6.13. The van der Waals surface area contributed by atoms with Crippen molar-refractivity contribution in [2.24, 2.45) is 10.4 Å². The molecule has 0 radical (unpaired) electrons. The predicted octanol–water partition coefficient (Wildman–Crippen LogP) is 0.461. The number of hydrogen-bond donors (Lipinski definition) is 2. The Kier molecular flexibility index (Phi) is 6.73. The largest absolute Gasteiger partial charge is 0.391 e. The van der Waals surface area contributed by atoms with Crippen molar-refractivity contribution in [3.63, 3.8) is 0 Å². The fourth-order valence-corrected chi connectivity index (χ4v) is 4.18. The molecular formula is C13H26IN3O3S. The van der Waals surface area contributed by atoms with Gasteiger partial charge < -0.3 is 15.3 Å². The molecule has 0 bridgehead atoms. The first-order valence-corrected chi connectivity index (χ1v) is 9.29. The van der Waals surface area contributed by atoms with Gasteiger partial charge in [0.05, 0.1) is 11.9 Å². The SMILES string of the molecule is CCNC(=NCC1(CS(C)(=O)=O)CC1)N1CC[C@@H](O)C1.I. The Bertz CT molecular complexity index is 477. The van der Waals surface area contributed by atoms with Gasteiger partial charge in [0, 0.05) is 37.8 Å². The number of aliphatic imine (C=N–C) groups is 1. The molecule has 0 aromatic heterocycles. The number of halogens is 1. The molecule has 0 spiro atoms. The van der Waals surface area contributed by atoms with Gasteiger partial charge in [-0.25, -0.2) is 8.42 Å². The van der Waals surface area contributed by atoms with Gasteiger partial charge in [-0.3, -0.25) is 4.99 Å². The van der Waals surface area contributed by atoms with Gasteiger partial charge in [-0.15, -0.1) is 24.0 Å². The van der Waals surface area contributed by atoms with Gasteiger partial charge in [0.2, 0.25) is 0 Å². The van der Waals surface area contributed by atoms with Gasteiger partial charge in [0.15, 0.2) is 5.96 Å². The number of likely N-dealkylation sites (tertiary alicyclic amines) is 1. The maximum absolute atomic E-state index is 11.4. The van der Waals surface area contributed by atoms with Crippen LogP contribution in [0.1, 0.15) is 26.2 Å². The number of nitrogens with one attached hydrogen (secondary N) is 1. The Morgan fingerprint density at radius 1 is 1.48 bits per heavy atom. The average Bonchev–Trinajstić information content (AvgIpc) is 2.93. The van der Waals surface area contributed by atoms with Crippen molar-refractivity contribution < 1.29 is 13.5 Å². The van der Waals surface area contributed by atoms with Crippen LogP contribution in [0.2, 0.25) is 0 Å². The van der Waals surface area contributed by atoms with Crippen molar-refractivity contribution in [2.75, 3.05) is 38.2 Å². The van der Waals surface area contributed by atoms with Crippen LogP contribution in [0, 0.1) is 5.41 Å². The van der Waals surface area contributed by atoms with E-state index >= 15 is 0 Å². The summed E-state index contributed by atoms with van der Waals surface area (Å²) in [5.41, 5.74) is -0.146. The zero-order valence-electron chi connectivity index (χ0n) is 12.7. The minimum atomic E-state index is -2.95. The lowest BCUT2D eigenvalue weighted by Gasteiger charge is -2.22. The van der Waals surface area contributed by atoms with E-state index in [0.717, 1.165) is 38.3 Å². The van der Waals surface area contributed by atoms with Crippen LogP contribution < -0.4 is 5.32 Å². The Balaban J connectivity index is 0.00000220. The Labute approximate surface area is 144 Å². The number of nitrogens with zero attached hydrogens (tertiary/aromatic N) is 2. The molecule has 0 aromatic carbocycles. The van der Waals surface area contributed by atoms with Crippen molar-refractivity contribution in [3.05, 3.63) is 0 Å². The Morgan fingerprint density at radius 2 is 2.14 bits per heavy atom. The minimum Gasteiger partial charge on any atom is -0.391 e. The molecule has 8 heteroatoms. The summed E-state index contributed by atoms with van der Waals surface area (Å²) in [6.45, 7) is 4.72. The average molecular weight is 431 g/mol. The maximum atomic E-state index is 11.4. The number of guanidine groups is 1. The van der Waals surface area contributed by atoms with E-state index in [1.54, 1.807) is 0 Å². The quantitative estimate of drug-likeness (QED) is 0.376. The third-order valence-electron chi connectivity index (χ3n) is 3.89. The summed E-state index contributed by atoms with van der Waals surface area (Å²) in [6, 6.07) is 0. The number of aliphatic hydroxyl groups is 1. The molecule has 2 aliphatic rings. The second-order valence-corrected chi connectivity index (χ2v) is 8.27. The lowest BCUT2D eigenvalue weighted by molar-refractivity contribution is 0.187. The fourth-order valence-electron chi connectivity index (χ4n) is 2.68. The van der Waals surface area contributed by atoms with Crippen LogP contribution in [0.3, 0.4) is 0 Å². The molecule has 2 N–H and O–H groups in total. The third kappa shape index (κ3) is 5.90. The first kappa shape index (κ1) is 19.0. The van der Waals surface area contributed by atoms with Crippen LogP contribution in [0.15, 0.2) is 4.99 Å². The van der Waals surface area contributed by atoms with Crippen molar-refractivity contribution in [3.8, 4) is 0 Å². The number of hydrogen-bond acceptors (Lipinski definition) is 4. The number of sulfone groups is 1. The topological polar surface area (TPSA) is 82.0 Å². The molecule has 1 saturated carbocycles. The molecular weight excluding hydrogens is 405 g/mol. The van der Waals surface area contributed by atoms with Crippen LogP contribution in [0.4, 0.5) is 0 Å². The highest BCUT2D eigenvalue weighted by Crippen LogP contribution is 2.46. The van der Waals surface area contributed by atoms with Gasteiger partial charge in [0.1, 0.15) is 9.84 Å². The van der Waals surface area contributed by atoms with E-state index in [-0.39, 0.29) is 41.2 Å². The molecule has 0 amide bonds. The molecule has 1 atom stereocenters.